The minimum atomic E-state index is 0.398. The topological polar surface area (TPSA) is 29.5 Å². The van der Waals surface area contributed by atoms with E-state index in [0.717, 1.165) is 37.2 Å². The fraction of sp³-hybridized carbons (Fsp3) is 0.533. The summed E-state index contributed by atoms with van der Waals surface area (Å²) >= 11 is 0. The highest BCUT2D eigenvalue weighted by Gasteiger charge is 2.29. The number of ether oxygens (including phenoxy) is 1. The molecule has 0 bridgehead atoms. The fourth-order valence-electron chi connectivity index (χ4n) is 2.60. The van der Waals surface area contributed by atoms with Crippen molar-refractivity contribution in [1.29, 1.82) is 0 Å². The number of nitrogens with zero attached hydrogens (tertiary/aromatic N) is 1. The molecule has 0 atom stereocenters. The first-order chi connectivity index (χ1) is 8.54. The predicted octanol–water partition coefficient (Wildman–Crippen LogP) is 2.74. The summed E-state index contributed by atoms with van der Waals surface area (Å²) in [5, 5.41) is 0. The smallest absolute Gasteiger partial charge is 0.150 e. The Hall–Kier alpha value is -1.35. The van der Waals surface area contributed by atoms with Crippen molar-refractivity contribution < 1.29 is 9.53 Å². The molecule has 0 radical (unpaired) electrons. The molecule has 0 saturated carbocycles. The largest absolute Gasteiger partial charge is 0.496 e. The highest BCUT2D eigenvalue weighted by Crippen LogP contribution is 2.31. The highest BCUT2D eigenvalue weighted by atomic mass is 16.5. The Labute approximate surface area is 109 Å². The Morgan fingerprint density at radius 1 is 1.44 bits per heavy atom. The zero-order chi connectivity index (χ0) is 13.2. The summed E-state index contributed by atoms with van der Waals surface area (Å²) in [5.74, 6) is 0.866. The average Bonchev–Trinajstić information content (AvgIpc) is 2.68. The lowest BCUT2D eigenvalue weighted by molar-refractivity contribution is 0.112. The van der Waals surface area contributed by atoms with Gasteiger partial charge in [-0.1, -0.05) is 13.8 Å². The minimum absolute atomic E-state index is 0.398. The van der Waals surface area contributed by atoms with Crippen molar-refractivity contribution in [1.82, 2.24) is 4.90 Å². The standard InChI is InChI=1S/C15H21NO2/c1-15(2)6-7-16(11-15)9-13-8-12(10-17)4-5-14(13)18-3/h4-5,8,10H,6-7,9,11H2,1-3H3. The molecule has 98 valence electrons. The van der Waals surface area contributed by atoms with Crippen LogP contribution < -0.4 is 4.74 Å². The van der Waals surface area contributed by atoms with Crippen molar-refractivity contribution in [2.24, 2.45) is 5.41 Å². The second-order valence-electron chi connectivity index (χ2n) is 5.81. The highest BCUT2D eigenvalue weighted by molar-refractivity contribution is 5.75. The Bertz CT molecular complexity index is 440. The van der Waals surface area contributed by atoms with Crippen molar-refractivity contribution in [3.63, 3.8) is 0 Å². The molecular formula is C15H21NO2. The van der Waals surface area contributed by atoms with Gasteiger partial charge in [0.2, 0.25) is 0 Å². The molecule has 0 unspecified atom stereocenters. The molecule has 1 heterocycles. The zero-order valence-electron chi connectivity index (χ0n) is 11.4. The molecule has 1 aliphatic rings. The molecule has 18 heavy (non-hydrogen) atoms. The van der Waals surface area contributed by atoms with Crippen molar-refractivity contribution in [2.75, 3.05) is 20.2 Å². The maximum Gasteiger partial charge on any atom is 0.150 e. The van der Waals surface area contributed by atoms with Crippen molar-refractivity contribution >= 4 is 6.29 Å². The molecule has 1 aromatic carbocycles. The van der Waals surface area contributed by atoms with E-state index in [9.17, 15) is 4.79 Å². The summed E-state index contributed by atoms with van der Waals surface area (Å²) in [6.07, 6.45) is 2.11. The number of benzene rings is 1. The predicted molar refractivity (Wildman–Crippen MR) is 72.1 cm³/mol. The van der Waals surface area contributed by atoms with Gasteiger partial charge in [0.05, 0.1) is 7.11 Å². The third kappa shape index (κ3) is 2.91. The molecule has 1 aliphatic heterocycles. The molecule has 1 fully saturated rings. The third-order valence-corrected chi connectivity index (χ3v) is 3.59. The van der Waals surface area contributed by atoms with E-state index in [2.05, 4.69) is 18.7 Å². The number of likely N-dealkylation sites (tertiary alicyclic amines) is 1. The zero-order valence-corrected chi connectivity index (χ0v) is 11.4. The summed E-state index contributed by atoms with van der Waals surface area (Å²) in [5.41, 5.74) is 2.21. The van der Waals surface area contributed by atoms with Crippen molar-refractivity contribution in [3.8, 4) is 5.75 Å². The Balaban J connectivity index is 2.15. The maximum absolute atomic E-state index is 10.8. The van der Waals surface area contributed by atoms with Crippen LogP contribution in [-0.4, -0.2) is 31.4 Å². The van der Waals surface area contributed by atoms with Crippen LogP contribution in [-0.2, 0) is 6.54 Å². The Morgan fingerprint density at radius 2 is 2.22 bits per heavy atom. The van der Waals surface area contributed by atoms with Gasteiger partial charge in [-0.3, -0.25) is 9.69 Å². The van der Waals surface area contributed by atoms with Crippen LogP contribution in [0.25, 0.3) is 0 Å². The quantitative estimate of drug-likeness (QED) is 0.766. The van der Waals surface area contributed by atoms with Crippen LogP contribution in [0.15, 0.2) is 18.2 Å². The van der Waals surface area contributed by atoms with Gasteiger partial charge in [0.25, 0.3) is 0 Å². The van der Waals surface area contributed by atoms with Gasteiger partial charge in [-0.05, 0) is 36.6 Å². The lowest BCUT2D eigenvalue weighted by Crippen LogP contribution is -2.23. The van der Waals surface area contributed by atoms with Gasteiger partial charge in [-0.25, -0.2) is 0 Å². The van der Waals surface area contributed by atoms with E-state index in [-0.39, 0.29) is 0 Å². The van der Waals surface area contributed by atoms with Gasteiger partial charge < -0.3 is 4.74 Å². The molecule has 3 heteroatoms. The van der Waals surface area contributed by atoms with Crippen LogP contribution in [0, 0.1) is 5.41 Å². The second-order valence-corrected chi connectivity index (χ2v) is 5.81. The molecule has 0 aromatic heterocycles. The lowest BCUT2D eigenvalue weighted by atomic mass is 9.93. The summed E-state index contributed by atoms with van der Waals surface area (Å²) in [6, 6.07) is 5.60. The van der Waals surface area contributed by atoms with Crippen LogP contribution in [0.1, 0.15) is 36.2 Å². The second kappa shape index (κ2) is 5.11. The first-order valence-corrected chi connectivity index (χ1v) is 6.38. The molecule has 0 amide bonds. The number of carbonyl (C=O) groups is 1. The van der Waals surface area contributed by atoms with E-state index in [0.29, 0.717) is 11.0 Å². The van der Waals surface area contributed by atoms with E-state index in [1.807, 2.05) is 12.1 Å². The lowest BCUT2D eigenvalue weighted by Gasteiger charge is -2.20. The van der Waals surface area contributed by atoms with Crippen molar-refractivity contribution in [2.45, 2.75) is 26.8 Å². The van der Waals surface area contributed by atoms with E-state index in [4.69, 9.17) is 4.74 Å². The van der Waals surface area contributed by atoms with Crippen LogP contribution >= 0.6 is 0 Å². The van der Waals surface area contributed by atoms with Gasteiger partial charge in [0, 0.05) is 24.2 Å². The van der Waals surface area contributed by atoms with Gasteiger partial charge >= 0.3 is 0 Å². The number of hydrogen-bond donors (Lipinski definition) is 0. The molecule has 0 N–H and O–H groups in total. The SMILES string of the molecule is COc1ccc(C=O)cc1CN1CCC(C)(C)C1. The molecular weight excluding hydrogens is 226 g/mol. The average molecular weight is 247 g/mol. The van der Waals surface area contributed by atoms with Crippen molar-refractivity contribution in [3.05, 3.63) is 29.3 Å². The van der Waals surface area contributed by atoms with Gasteiger partial charge in [-0.2, -0.15) is 0 Å². The summed E-state index contributed by atoms with van der Waals surface area (Å²) < 4.78 is 5.36. The third-order valence-electron chi connectivity index (χ3n) is 3.59. The minimum Gasteiger partial charge on any atom is -0.496 e. The Morgan fingerprint density at radius 3 is 2.78 bits per heavy atom. The van der Waals surface area contributed by atoms with Crippen LogP contribution in [0.4, 0.5) is 0 Å². The van der Waals surface area contributed by atoms with Gasteiger partial charge in [-0.15, -0.1) is 0 Å². The summed E-state index contributed by atoms with van der Waals surface area (Å²) in [6.45, 7) is 7.66. The molecule has 0 spiro atoms. The molecule has 1 aromatic rings. The Kier molecular flexibility index (Phi) is 3.71. The number of hydrogen-bond acceptors (Lipinski definition) is 3. The van der Waals surface area contributed by atoms with E-state index in [1.165, 1.54) is 6.42 Å². The molecule has 2 rings (SSSR count). The van der Waals surface area contributed by atoms with E-state index < -0.39 is 0 Å². The van der Waals surface area contributed by atoms with E-state index >= 15 is 0 Å². The normalized spacial score (nSPS) is 18.8. The monoisotopic (exact) mass is 247 g/mol. The van der Waals surface area contributed by atoms with Crippen LogP contribution in [0.5, 0.6) is 5.75 Å². The maximum atomic E-state index is 10.8. The van der Waals surface area contributed by atoms with Crippen LogP contribution in [0.3, 0.4) is 0 Å². The first kappa shape index (κ1) is 13.1. The van der Waals surface area contributed by atoms with E-state index in [1.54, 1.807) is 13.2 Å². The van der Waals surface area contributed by atoms with Crippen LogP contribution in [0.2, 0.25) is 0 Å². The molecule has 0 aliphatic carbocycles. The number of carbonyl (C=O) groups excluding carboxylic acids is 1. The summed E-state index contributed by atoms with van der Waals surface area (Å²) in [7, 11) is 1.67. The fourth-order valence-corrected chi connectivity index (χ4v) is 2.60. The van der Waals surface area contributed by atoms with Gasteiger partial charge in [0.15, 0.2) is 0 Å². The number of methoxy groups -OCH3 is 1. The molecule has 1 saturated heterocycles. The summed E-state index contributed by atoms with van der Waals surface area (Å²) in [4.78, 5) is 13.3. The van der Waals surface area contributed by atoms with Gasteiger partial charge in [0.1, 0.15) is 12.0 Å². The number of rotatable bonds is 4. The molecule has 3 nitrogen and oxygen atoms in total. The first-order valence-electron chi connectivity index (χ1n) is 6.38. The number of aldehydes is 1.